The zero-order valence-electron chi connectivity index (χ0n) is 20.7. The lowest BCUT2D eigenvalue weighted by Crippen LogP contribution is -2.58. The van der Waals surface area contributed by atoms with Gasteiger partial charge in [-0.3, -0.25) is 14.5 Å². The Bertz CT molecular complexity index is 803. The first-order valence-electron chi connectivity index (χ1n) is 13.3. The summed E-state index contributed by atoms with van der Waals surface area (Å²) in [5.74, 6) is 0.170. The highest BCUT2D eigenvalue weighted by Crippen LogP contribution is 2.31. The summed E-state index contributed by atoms with van der Waals surface area (Å²) in [4.78, 5) is 32.8. The van der Waals surface area contributed by atoms with Gasteiger partial charge in [-0.2, -0.15) is 0 Å². The van der Waals surface area contributed by atoms with Gasteiger partial charge in [-0.05, 0) is 75.8 Å². The van der Waals surface area contributed by atoms with Crippen LogP contribution in [-0.2, 0) is 4.79 Å². The molecule has 2 atom stereocenters. The third-order valence-electron chi connectivity index (χ3n) is 8.06. The molecule has 0 spiro atoms. The normalized spacial score (nSPS) is 23.7. The average Bonchev–Trinajstić information content (AvgIpc) is 3.38. The molecule has 0 bridgehead atoms. The van der Waals surface area contributed by atoms with Crippen molar-refractivity contribution in [3.05, 3.63) is 35.6 Å². The third-order valence-corrected chi connectivity index (χ3v) is 8.06. The molecule has 188 valence electrons. The van der Waals surface area contributed by atoms with Gasteiger partial charge in [-0.1, -0.05) is 19.3 Å². The van der Waals surface area contributed by atoms with Gasteiger partial charge in [-0.15, -0.1) is 0 Å². The molecule has 2 amide bonds. The van der Waals surface area contributed by atoms with E-state index in [0.717, 1.165) is 32.4 Å². The van der Waals surface area contributed by atoms with Crippen molar-refractivity contribution in [2.24, 2.45) is 5.92 Å². The number of halogens is 1. The highest BCUT2D eigenvalue weighted by Gasteiger charge is 2.37. The predicted octanol–water partition coefficient (Wildman–Crippen LogP) is 3.52. The number of hydrogen-bond acceptors (Lipinski definition) is 4. The molecular formula is C27H41FN4O2. The number of piperidine rings is 1. The minimum Gasteiger partial charge on any atom is -0.355 e. The number of piperazine rings is 1. The van der Waals surface area contributed by atoms with E-state index >= 15 is 0 Å². The molecule has 2 unspecified atom stereocenters. The van der Waals surface area contributed by atoms with Crippen LogP contribution in [0.5, 0.6) is 0 Å². The fraction of sp³-hybridized carbons (Fsp3) is 0.704. The molecule has 1 aromatic carbocycles. The number of hydrogen-bond donors (Lipinski definition) is 1. The Morgan fingerprint density at radius 3 is 2.32 bits per heavy atom. The molecule has 1 aliphatic carbocycles. The van der Waals surface area contributed by atoms with E-state index in [1.54, 1.807) is 12.1 Å². The Labute approximate surface area is 203 Å². The van der Waals surface area contributed by atoms with Gasteiger partial charge in [0.15, 0.2) is 0 Å². The number of carbonyl (C=O) groups excluding carboxylic acids is 2. The second-order valence-electron chi connectivity index (χ2n) is 10.3. The van der Waals surface area contributed by atoms with Crippen LogP contribution in [0.15, 0.2) is 24.3 Å². The number of benzene rings is 1. The van der Waals surface area contributed by atoms with Gasteiger partial charge in [0, 0.05) is 50.9 Å². The minimum absolute atomic E-state index is 0.0616. The number of likely N-dealkylation sites (tertiary alicyclic amines) is 1. The topological polar surface area (TPSA) is 55.9 Å². The van der Waals surface area contributed by atoms with Gasteiger partial charge in [0.05, 0.1) is 6.04 Å². The summed E-state index contributed by atoms with van der Waals surface area (Å²) in [5, 5.41) is 3.25. The van der Waals surface area contributed by atoms with Crippen LogP contribution in [0.2, 0.25) is 0 Å². The molecule has 1 aromatic rings. The van der Waals surface area contributed by atoms with Crippen LogP contribution in [0.4, 0.5) is 4.39 Å². The van der Waals surface area contributed by atoms with E-state index in [1.165, 1.54) is 50.8 Å². The van der Waals surface area contributed by atoms with Gasteiger partial charge < -0.3 is 15.1 Å². The Morgan fingerprint density at radius 2 is 1.65 bits per heavy atom. The smallest absolute Gasteiger partial charge is 0.253 e. The number of amides is 2. The Morgan fingerprint density at radius 1 is 0.971 bits per heavy atom. The highest BCUT2D eigenvalue weighted by molar-refractivity contribution is 5.94. The van der Waals surface area contributed by atoms with E-state index in [0.29, 0.717) is 43.7 Å². The van der Waals surface area contributed by atoms with E-state index in [-0.39, 0.29) is 23.7 Å². The molecule has 3 aliphatic rings. The summed E-state index contributed by atoms with van der Waals surface area (Å²) in [6.45, 7) is 7.88. The van der Waals surface area contributed by atoms with Crippen molar-refractivity contribution in [1.82, 2.24) is 20.0 Å². The molecule has 2 heterocycles. The monoisotopic (exact) mass is 472 g/mol. The van der Waals surface area contributed by atoms with Crippen molar-refractivity contribution in [3.8, 4) is 0 Å². The Kier molecular flexibility index (Phi) is 8.95. The van der Waals surface area contributed by atoms with Gasteiger partial charge in [0.25, 0.3) is 5.91 Å². The van der Waals surface area contributed by atoms with Crippen molar-refractivity contribution in [2.45, 2.75) is 70.4 Å². The van der Waals surface area contributed by atoms with Crippen LogP contribution in [-0.4, -0.2) is 84.4 Å². The van der Waals surface area contributed by atoms with Crippen molar-refractivity contribution >= 4 is 11.8 Å². The summed E-state index contributed by atoms with van der Waals surface area (Å²) in [7, 11) is 0. The van der Waals surface area contributed by atoms with E-state index in [9.17, 15) is 14.0 Å². The lowest BCUT2D eigenvalue weighted by atomic mass is 9.95. The summed E-state index contributed by atoms with van der Waals surface area (Å²) in [6.07, 6.45) is 9.51. The molecule has 34 heavy (non-hydrogen) atoms. The first kappa shape index (κ1) is 25.1. The summed E-state index contributed by atoms with van der Waals surface area (Å²) in [6, 6.07) is 6.31. The Balaban J connectivity index is 1.28. The lowest BCUT2D eigenvalue weighted by molar-refractivity contribution is -0.129. The molecule has 2 aliphatic heterocycles. The van der Waals surface area contributed by atoms with Crippen molar-refractivity contribution in [3.63, 3.8) is 0 Å². The van der Waals surface area contributed by atoms with Gasteiger partial charge in [0.1, 0.15) is 5.82 Å². The van der Waals surface area contributed by atoms with Gasteiger partial charge >= 0.3 is 0 Å². The minimum atomic E-state index is -0.336. The molecule has 2 saturated heterocycles. The van der Waals surface area contributed by atoms with E-state index in [2.05, 4.69) is 22.0 Å². The number of nitrogens with zero attached hydrogens (tertiary/aromatic N) is 3. The number of rotatable bonds is 8. The molecule has 1 N–H and O–H groups in total. The van der Waals surface area contributed by atoms with Crippen molar-refractivity contribution < 1.29 is 14.0 Å². The predicted molar refractivity (Wildman–Crippen MR) is 132 cm³/mol. The molecule has 7 heteroatoms. The third kappa shape index (κ3) is 6.36. The molecular weight excluding hydrogens is 431 g/mol. The second kappa shape index (κ2) is 12.1. The summed E-state index contributed by atoms with van der Waals surface area (Å²) >= 11 is 0. The maximum Gasteiger partial charge on any atom is 0.253 e. The molecule has 0 aromatic heterocycles. The van der Waals surface area contributed by atoms with Crippen LogP contribution in [0.1, 0.15) is 68.6 Å². The van der Waals surface area contributed by atoms with Crippen LogP contribution >= 0.6 is 0 Å². The summed E-state index contributed by atoms with van der Waals surface area (Å²) < 4.78 is 13.2. The van der Waals surface area contributed by atoms with E-state index in [1.807, 2.05) is 4.90 Å². The second-order valence-corrected chi connectivity index (χ2v) is 10.3. The van der Waals surface area contributed by atoms with Crippen LogP contribution in [0, 0.1) is 11.7 Å². The zero-order valence-corrected chi connectivity index (χ0v) is 20.7. The molecule has 6 nitrogen and oxygen atoms in total. The fourth-order valence-corrected chi connectivity index (χ4v) is 6.02. The molecule has 0 radical (unpaired) electrons. The van der Waals surface area contributed by atoms with Gasteiger partial charge in [0.2, 0.25) is 5.91 Å². The maximum absolute atomic E-state index is 13.3. The van der Waals surface area contributed by atoms with Crippen LogP contribution in [0.25, 0.3) is 0 Å². The quantitative estimate of drug-likeness (QED) is 0.588. The van der Waals surface area contributed by atoms with Crippen LogP contribution < -0.4 is 5.32 Å². The molecule has 4 rings (SSSR count). The zero-order chi connectivity index (χ0) is 23.9. The standard InChI is InChI=1S/C27H41FN4O2/c1-21-7-4-5-15-30(21)16-6-14-29-26(33)25(22-8-2-3-9-22)31-17-19-32(20-18-31)27(34)23-10-12-24(28)13-11-23/h10-13,21-22,25H,2-9,14-20H2,1H3,(H,29,33). The molecule has 1 saturated carbocycles. The maximum atomic E-state index is 13.3. The van der Waals surface area contributed by atoms with Crippen molar-refractivity contribution in [2.75, 3.05) is 45.8 Å². The summed E-state index contributed by atoms with van der Waals surface area (Å²) in [5.41, 5.74) is 0.517. The molecule has 3 fully saturated rings. The largest absolute Gasteiger partial charge is 0.355 e. The Hall–Kier alpha value is -1.99. The van der Waals surface area contributed by atoms with E-state index < -0.39 is 0 Å². The first-order chi connectivity index (χ1) is 16.5. The number of nitrogens with one attached hydrogen (secondary N) is 1. The van der Waals surface area contributed by atoms with Crippen LogP contribution in [0.3, 0.4) is 0 Å². The fourth-order valence-electron chi connectivity index (χ4n) is 6.02. The first-order valence-corrected chi connectivity index (χ1v) is 13.3. The van der Waals surface area contributed by atoms with Gasteiger partial charge in [-0.25, -0.2) is 4.39 Å². The lowest BCUT2D eigenvalue weighted by Gasteiger charge is -2.41. The number of carbonyl (C=O) groups is 2. The van der Waals surface area contributed by atoms with Crippen molar-refractivity contribution in [1.29, 1.82) is 0 Å². The van der Waals surface area contributed by atoms with E-state index in [4.69, 9.17) is 0 Å². The SMILES string of the molecule is CC1CCCCN1CCCNC(=O)C(C1CCCC1)N1CCN(C(=O)c2ccc(F)cc2)CC1. The highest BCUT2D eigenvalue weighted by atomic mass is 19.1. The average molecular weight is 473 g/mol.